The van der Waals surface area contributed by atoms with Gasteiger partial charge in [-0.15, -0.1) is 6.58 Å². The molecule has 0 aliphatic carbocycles. The van der Waals surface area contributed by atoms with Crippen molar-refractivity contribution in [3.05, 3.63) is 72.0 Å². The third kappa shape index (κ3) is 4.20. The number of benzene rings is 2. The average Bonchev–Trinajstić information content (AvgIpc) is 3.28. The number of likely N-dealkylation sites (tertiary alicyclic amines) is 1. The predicted molar refractivity (Wildman–Crippen MR) is 117 cm³/mol. The van der Waals surface area contributed by atoms with E-state index < -0.39 is 6.10 Å². The molecule has 1 fully saturated rings. The molecule has 7 heteroatoms. The number of aromatic nitrogens is 2. The number of fused-ring (bicyclic) bond motifs is 1. The van der Waals surface area contributed by atoms with Crippen molar-refractivity contribution in [1.82, 2.24) is 14.5 Å². The van der Waals surface area contributed by atoms with E-state index in [1.807, 2.05) is 41.0 Å². The maximum Gasteiger partial charge on any atom is 0.223 e. The van der Waals surface area contributed by atoms with E-state index in [9.17, 15) is 9.90 Å². The van der Waals surface area contributed by atoms with Crippen LogP contribution in [0, 0.1) is 0 Å². The first-order valence-electron chi connectivity index (χ1n) is 9.96. The first-order valence-corrected chi connectivity index (χ1v) is 10.3. The van der Waals surface area contributed by atoms with Gasteiger partial charge in [-0.2, -0.15) is 0 Å². The van der Waals surface area contributed by atoms with Gasteiger partial charge in [0.05, 0.1) is 22.6 Å². The molecule has 2 heterocycles. The van der Waals surface area contributed by atoms with E-state index in [1.54, 1.807) is 23.1 Å². The molecule has 156 valence electrons. The predicted octanol–water partition coefficient (Wildman–Crippen LogP) is 3.63. The van der Waals surface area contributed by atoms with Crippen LogP contribution in [0.25, 0.3) is 11.0 Å². The third-order valence-electron chi connectivity index (χ3n) is 5.27. The molecule has 1 saturated heterocycles. The van der Waals surface area contributed by atoms with E-state index in [2.05, 4.69) is 6.58 Å². The summed E-state index contributed by atoms with van der Waals surface area (Å²) in [6.45, 7) is 5.27. The Morgan fingerprint density at radius 3 is 2.83 bits per heavy atom. The molecule has 0 unspecified atom stereocenters. The van der Waals surface area contributed by atoms with E-state index in [4.69, 9.17) is 21.3 Å². The van der Waals surface area contributed by atoms with Crippen molar-refractivity contribution in [3.8, 4) is 5.75 Å². The second kappa shape index (κ2) is 8.90. The van der Waals surface area contributed by atoms with Crippen molar-refractivity contribution in [2.24, 2.45) is 0 Å². The van der Waals surface area contributed by atoms with Crippen molar-refractivity contribution >= 4 is 28.5 Å². The molecule has 0 spiro atoms. The van der Waals surface area contributed by atoms with Crippen LogP contribution in [0.5, 0.6) is 5.75 Å². The number of hydrogen-bond acceptors (Lipinski definition) is 4. The van der Waals surface area contributed by atoms with E-state index in [1.165, 1.54) is 0 Å². The van der Waals surface area contributed by atoms with Gasteiger partial charge in [0.15, 0.2) is 0 Å². The number of aliphatic hydroxyl groups excluding tert-OH is 1. The topological polar surface area (TPSA) is 67.6 Å². The summed E-state index contributed by atoms with van der Waals surface area (Å²) in [7, 11) is 0. The number of hydrogen-bond donors (Lipinski definition) is 1. The van der Waals surface area contributed by atoms with E-state index in [0.29, 0.717) is 36.8 Å². The van der Waals surface area contributed by atoms with Crippen molar-refractivity contribution in [1.29, 1.82) is 0 Å². The fraction of sp³-hybridized carbons (Fsp3) is 0.304. The lowest BCUT2D eigenvalue weighted by Crippen LogP contribution is -2.26. The van der Waals surface area contributed by atoms with Gasteiger partial charge in [-0.1, -0.05) is 41.9 Å². The first kappa shape index (κ1) is 20.4. The summed E-state index contributed by atoms with van der Waals surface area (Å²) >= 11 is 6.13. The van der Waals surface area contributed by atoms with Crippen LogP contribution < -0.4 is 4.74 Å². The molecule has 4 rings (SSSR count). The Bertz CT molecular complexity index is 1060. The van der Waals surface area contributed by atoms with Crippen molar-refractivity contribution < 1.29 is 14.6 Å². The summed E-state index contributed by atoms with van der Waals surface area (Å²) in [5, 5.41) is 11.2. The largest absolute Gasteiger partial charge is 0.489 e. The lowest BCUT2D eigenvalue weighted by atomic mass is 10.1. The van der Waals surface area contributed by atoms with Crippen LogP contribution >= 0.6 is 11.6 Å². The van der Waals surface area contributed by atoms with Crippen molar-refractivity contribution in [3.63, 3.8) is 0 Å². The zero-order chi connectivity index (χ0) is 21.1. The third-order valence-corrected chi connectivity index (χ3v) is 5.59. The number of para-hydroxylation sites is 3. The van der Waals surface area contributed by atoms with Gasteiger partial charge in [-0.05, 0) is 24.3 Å². The van der Waals surface area contributed by atoms with E-state index >= 15 is 0 Å². The number of carbonyl (C=O) groups excluding carboxylic acids is 1. The van der Waals surface area contributed by atoms with Gasteiger partial charge in [0.25, 0.3) is 0 Å². The van der Waals surface area contributed by atoms with E-state index in [-0.39, 0.29) is 18.4 Å². The zero-order valence-corrected chi connectivity index (χ0v) is 17.3. The van der Waals surface area contributed by atoms with Crippen LogP contribution in [0.4, 0.5) is 0 Å². The Labute approximate surface area is 180 Å². The van der Waals surface area contributed by atoms with Crippen molar-refractivity contribution in [2.45, 2.75) is 25.0 Å². The highest BCUT2D eigenvalue weighted by Gasteiger charge is 2.33. The second-order valence-electron chi connectivity index (χ2n) is 7.45. The fourth-order valence-corrected chi connectivity index (χ4v) is 4.08. The standard InChI is InChI=1S/C23H24ClN3O3/c1-2-11-26-13-16(12-22(26)29)23-25-19-8-4-5-9-20(19)27(23)14-17(28)15-30-21-10-6-3-7-18(21)24/h2-10,16-17,28H,1,11-15H2/t16-,17+/m1/s1. The van der Waals surface area contributed by atoms with Gasteiger partial charge in [-0.25, -0.2) is 4.98 Å². The molecule has 0 radical (unpaired) electrons. The monoisotopic (exact) mass is 425 g/mol. The number of halogens is 1. The smallest absolute Gasteiger partial charge is 0.223 e. The molecular formula is C23H24ClN3O3. The summed E-state index contributed by atoms with van der Waals surface area (Å²) < 4.78 is 7.71. The highest BCUT2D eigenvalue weighted by molar-refractivity contribution is 6.32. The molecule has 1 aliphatic heterocycles. The number of ether oxygens (including phenoxy) is 1. The Morgan fingerprint density at radius 2 is 2.03 bits per heavy atom. The van der Waals surface area contributed by atoms with Gasteiger partial charge < -0.3 is 19.3 Å². The number of carbonyl (C=O) groups is 1. The van der Waals surface area contributed by atoms with Crippen LogP contribution in [-0.4, -0.2) is 51.3 Å². The van der Waals surface area contributed by atoms with Gasteiger partial charge in [0.2, 0.25) is 5.91 Å². The number of aliphatic hydroxyl groups is 1. The SMILES string of the molecule is C=CCN1C[C@H](c2nc3ccccc3n2C[C@H](O)COc2ccccc2Cl)CC1=O. The summed E-state index contributed by atoms with van der Waals surface area (Å²) in [4.78, 5) is 18.9. The highest BCUT2D eigenvalue weighted by atomic mass is 35.5. The maximum absolute atomic E-state index is 12.3. The summed E-state index contributed by atoms with van der Waals surface area (Å²) in [6, 6.07) is 15.0. The second-order valence-corrected chi connectivity index (χ2v) is 7.86. The molecule has 0 saturated carbocycles. The molecule has 1 N–H and O–H groups in total. The van der Waals surface area contributed by atoms with Gasteiger partial charge >= 0.3 is 0 Å². The summed E-state index contributed by atoms with van der Waals surface area (Å²) in [6.07, 6.45) is 1.38. The van der Waals surface area contributed by atoms with Crippen LogP contribution in [0.15, 0.2) is 61.2 Å². The first-order chi connectivity index (χ1) is 14.6. The van der Waals surface area contributed by atoms with Crippen LogP contribution in [0.2, 0.25) is 5.02 Å². The molecule has 1 aromatic heterocycles. The molecule has 3 aromatic rings. The Morgan fingerprint density at radius 1 is 1.27 bits per heavy atom. The Balaban J connectivity index is 1.55. The number of nitrogens with zero attached hydrogens (tertiary/aromatic N) is 3. The minimum Gasteiger partial charge on any atom is -0.489 e. The van der Waals surface area contributed by atoms with Gasteiger partial charge in [-0.3, -0.25) is 4.79 Å². The Hall–Kier alpha value is -2.83. The van der Waals surface area contributed by atoms with Gasteiger partial charge in [0.1, 0.15) is 24.3 Å². The highest BCUT2D eigenvalue weighted by Crippen LogP contribution is 2.31. The van der Waals surface area contributed by atoms with Crippen molar-refractivity contribution in [2.75, 3.05) is 19.7 Å². The number of amides is 1. The number of imidazole rings is 1. The molecule has 0 bridgehead atoms. The lowest BCUT2D eigenvalue weighted by Gasteiger charge is -2.18. The molecule has 2 aromatic carbocycles. The Kier molecular flexibility index (Phi) is 6.06. The zero-order valence-electron chi connectivity index (χ0n) is 16.6. The minimum atomic E-state index is -0.765. The molecule has 6 nitrogen and oxygen atoms in total. The normalized spacial score (nSPS) is 17.5. The molecule has 30 heavy (non-hydrogen) atoms. The lowest BCUT2D eigenvalue weighted by molar-refractivity contribution is -0.127. The van der Waals surface area contributed by atoms with Gasteiger partial charge in [0, 0.05) is 25.4 Å². The minimum absolute atomic E-state index is 0.0264. The molecular weight excluding hydrogens is 402 g/mol. The van der Waals surface area contributed by atoms with Crippen LogP contribution in [0.3, 0.4) is 0 Å². The van der Waals surface area contributed by atoms with E-state index in [0.717, 1.165) is 16.9 Å². The molecule has 1 aliphatic rings. The quantitative estimate of drug-likeness (QED) is 0.559. The summed E-state index contributed by atoms with van der Waals surface area (Å²) in [5.74, 6) is 1.42. The molecule has 1 amide bonds. The van der Waals surface area contributed by atoms with Crippen LogP contribution in [0.1, 0.15) is 18.2 Å². The fourth-order valence-electron chi connectivity index (χ4n) is 3.89. The molecule has 2 atom stereocenters. The average molecular weight is 426 g/mol. The maximum atomic E-state index is 12.3. The van der Waals surface area contributed by atoms with Crippen LogP contribution in [-0.2, 0) is 11.3 Å². The summed E-state index contributed by atoms with van der Waals surface area (Å²) in [5.41, 5.74) is 1.78. The number of rotatable bonds is 8.